The van der Waals surface area contributed by atoms with Crippen molar-refractivity contribution in [2.75, 3.05) is 89.3 Å². The summed E-state index contributed by atoms with van der Waals surface area (Å²) in [5, 5.41) is 57.0. The van der Waals surface area contributed by atoms with Crippen LogP contribution >= 0.6 is 0 Å². The summed E-state index contributed by atoms with van der Waals surface area (Å²) in [5.41, 5.74) is 0.678. The van der Waals surface area contributed by atoms with Crippen LogP contribution in [0, 0.1) is 0 Å². The molecule has 2 aromatic rings. The van der Waals surface area contributed by atoms with Gasteiger partial charge in [-0.2, -0.15) is 0 Å². The number of hydrogen-bond acceptors (Lipinski definition) is 12. The summed E-state index contributed by atoms with van der Waals surface area (Å²) in [4.78, 5) is 26.7. The highest BCUT2D eigenvalue weighted by molar-refractivity contribution is 6.33. The van der Waals surface area contributed by atoms with Crippen LogP contribution in [0.2, 0.25) is 0 Å². The highest BCUT2D eigenvalue weighted by Crippen LogP contribution is 2.42. The molecule has 0 amide bonds. The molecule has 10 N–H and O–H groups in total. The van der Waals surface area contributed by atoms with Gasteiger partial charge in [0.1, 0.15) is 11.5 Å². The monoisotopic (exact) mass is 530 g/mol. The molecular formula is C26H38N6O6. The molecule has 2 aliphatic rings. The van der Waals surface area contributed by atoms with Gasteiger partial charge in [-0.1, -0.05) is 0 Å². The number of phenols is 2. The van der Waals surface area contributed by atoms with E-state index in [1.807, 2.05) is 0 Å². The second-order valence-electron chi connectivity index (χ2n) is 8.72. The Balaban J connectivity index is 0.000000585. The lowest BCUT2D eigenvalue weighted by atomic mass is 9.81. The van der Waals surface area contributed by atoms with Crippen LogP contribution in [0.5, 0.6) is 11.5 Å². The molecule has 0 radical (unpaired) electrons. The topological polar surface area (TPSA) is 187 Å². The number of anilines is 2. The molecule has 0 bridgehead atoms. The van der Waals surface area contributed by atoms with Crippen molar-refractivity contribution < 1.29 is 30.0 Å². The molecule has 12 heteroatoms. The van der Waals surface area contributed by atoms with Crippen molar-refractivity contribution in [1.82, 2.24) is 21.3 Å². The molecule has 208 valence electrons. The van der Waals surface area contributed by atoms with Crippen molar-refractivity contribution in [1.29, 1.82) is 0 Å². The molecule has 1 heterocycles. The van der Waals surface area contributed by atoms with Gasteiger partial charge in [0.15, 0.2) is 0 Å². The zero-order valence-corrected chi connectivity index (χ0v) is 21.4. The van der Waals surface area contributed by atoms with Crippen molar-refractivity contribution in [3.63, 3.8) is 0 Å². The summed E-state index contributed by atoms with van der Waals surface area (Å²) in [7, 11) is 0. The Hall–Kier alpha value is -3.26. The Bertz CT molecular complexity index is 1000. The number of aliphatic hydroxyl groups excluding tert-OH is 2. The zero-order valence-electron chi connectivity index (χ0n) is 21.4. The third kappa shape index (κ3) is 7.40. The number of nitrogens with one attached hydrogen (secondary N) is 6. The molecule has 2 aromatic carbocycles. The molecule has 38 heavy (non-hydrogen) atoms. The fourth-order valence-corrected chi connectivity index (χ4v) is 4.24. The number of phenolic OH excluding ortho intramolecular Hbond substituents is 2. The van der Waals surface area contributed by atoms with Gasteiger partial charge in [0.25, 0.3) is 0 Å². The Morgan fingerprint density at radius 2 is 0.974 bits per heavy atom. The Morgan fingerprint density at radius 1 is 0.579 bits per heavy atom. The molecule has 0 unspecified atom stereocenters. The maximum Gasteiger partial charge on any atom is 0.200 e. The van der Waals surface area contributed by atoms with Gasteiger partial charge in [-0.3, -0.25) is 9.59 Å². The molecule has 1 saturated heterocycles. The third-order valence-corrected chi connectivity index (χ3v) is 6.04. The van der Waals surface area contributed by atoms with Crippen molar-refractivity contribution >= 4 is 22.9 Å². The quantitative estimate of drug-likeness (QED) is 0.102. The van der Waals surface area contributed by atoms with Crippen LogP contribution in [0.3, 0.4) is 0 Å². The Morgan fingerprint density at radius 3 is 1.32 bits per heavy atom. The van der Waals surface area contributed by atoms with Gasteiger partial charge in [0.2, 0.25) is 11.6 Å². The van der Waals surface area contributed by atoms with Crippen LogP contribution in [0.1, 0.15) is 31.8 Å². The summed E-state index contributed by atoms with van der Waals surface area (Å²) in [6.45, 7) is 7.36. The molecule has 1 aliphatic heterocycles. The number of aromatic hydroxyl groups is 2. The number of rotatable bonds is 12. The minimum Gasteiger partial charge on any atom is -0.507 e. The van der Waals surface area contributed by atoms with Gasteiger partial charge in [0.05, 0.1) is 35.5 Å². The lowest BCUT2D eigenvalue weighted by Crippen LogP contribution is -2.39. The molecule has 0 saturated carbocycles. The number of benzene rings is 2. The predicted molar refractivity (Wildman–Crippen MR) is 146 cm³/mol. The number of fused-ring (bicyclic) bond motifs is 2. The fraction of sp³-hybridized carbons (Fsp3) is 0.462. The highest BCUT2D eigenvalue weighted by Gasteiger charge is 2.37. The number of piperazine rings is 1. The van der Waals surface area contributed by atoms with E-state index in [1.54, 1.807) is 12.1 Å². The molecule has 12 nitrogen and oxygen atoms in total. The average Bonchev–Trinajstić information content (AvgIpc) is 2.94. The van der Waals surface area contributed by atoms with Crippen molar-refractivity contribution in [3.8, 4) is 11.5 Å². The van der Waals surface area contributed by atoms with Gasteiger partial charge >= 0.3 is 0 Å². The van der Waals surface area contributed by atoms with E-state index in [2.05, 4.69) is 31.9 Å². The van der Waals surface area contributed by atoms with E-state index >= 15 is 0 Å². The molecule has 4 rings (SSSR count). The second kappa shape index (κ2) is 15.2. The first-order valence-corrected chi connectivity index (χ1v) is 12.8. The van der Waals surface area contributed by atoms with Gasteiger partial charge in [0, 0.05) is 76.8 Å². The van der Waals surface area contributed by atoms with Crippen molar-refractivity contribution in [2.24, 2.45) is 0 Å². The van der Waals surface area contributed by atoms with Crippen LogP contribution in [-0.4, -0.2) is 111 Å². The van der Waals surface area contributed by atoms with Crippen LogP contribution in [0.15, 0.2) is 24.3 Å². The summed E-state index contributed by atoms with van der Waals surface area (Å²) in [6.07, 6.45) is 0. The minimum absolute atomic E-state index is 0.00939. The summed E-state index contributed by atoms with van der Waals surface area (Å²) >= 11 is 0. The minimum atomic E-state index is -0.559. The van der Waals surface area contributed by atoms with Gasteiger partial charge in [-0.05, 0) is 24.3 Å². The zero-order chi connectivity index (χ0) is 27.3. The lowest BCUT2D eigenvalue weighted by Gasteiger charge is -2.25. The van der Waals surface area contributed by atoms with Crippen LogP contribution in [0.25, 0.3) is 0 Å². The van der Waals surface area contributed by atoms with E-state index in [9.17, 15) is 19.8 Å². The number of aliphatic hydroxyl groups is 2. The van der Waals surface area contributed by atoms with Crippen LogP contribution in [-0.2, 0) is 0 Å². The lowest BCUT2D eigenvalue weighted by molar-refractivity contribution is 0.0975. The largest absolute Gasteiger partial charge is 0.507 e. The normalized spacial score (nSPS) is 14.3. The second-order valence-corrected chi connectivity index (χ2v) is 8.72. The Kier molecular flexibility index (Phi) is 11.7. The average molecular weight is 531 g/mol. The molecule has 0 spiro atoms. The van der Waals surface area contributed by atoms with E-state index < -0.39 is 11.6 Å². The molecule has 0 atom stereocenters. The first-order chi connectivity index (χ1) is 18.5. The van der Waals surface area contributed by atoms with Crippen LogP contribution in [0.4, 0.5) is 11.4 Å². The van der Waals surface area contributed by atoms with E-state index in [4.69, 9.17) is 10.2 Å². The van der Waals surface area contributed by atoms with Gasteiger partial charge < -0.3 is 52.3 Å². The first kappa shape index (κ1) is 29.3. The highest BCUT2D eigenvalue weighted by atomic mass is 16.3. The summed E-state index contributed by atoms with van der Waals surface area (Å²) in [5.74, 6) is -1.86. The van der Waals surface area contributed by atoms with E-state index in [0.29, 0.717) is 50.6 Å². The number of carbonyl (C=O) groups is 2. The molecular weight excluding hydrogens is 492 g/mol. The molecule has 1 fully saturated rings. The summed E-state index contributed by atoms with van der Waals surface area (Å²) in [6, 6.07) is 5.74. The summed E-state index contributed by atoms with van der Waals surface area (Å²) < 4.78 is 0. The van der Waals surface area contributed by atoms with Crippen LogP contribution < -0.4 is 31.9 Å². The third-order valence-electron chi connectivity index (χ3n) is 6.04. The standard InChI is InChI=1S/C22H28N4O6.C4H10N2/c27-11-9-23-5-7-25-13-1-2-14(26-8-6-24-10-12-28)18-17(13)21(31)19-15(29)3-4-16(30)20(19)22(18)32;1-2-6-4-3-5-1/h1-4,23-30H,5-12H2;5-6H,1-4H2. The van der Waals surface area contributed by atoms with E-state index in [0.717, 1.165) is 26.2 Å². The maximum absolute atomic E-state index is 13.4. The fourth-order valence-electron chi connectivity index (χ4n) is 4.24. The Labute approximate surface area is 221 Å². The van der Waals surface area contributed by atoms with Gasteiger partial charge in [-0.15, -0.1) is 0 Å². The number of ketones is 2. The van der Waals surface area contributed by atoms with E-state index in [-0.39, 0.29) is 47.0 Å². The smallest absolute Gasteiger partial charge is 0.200 e. The molecule has 0 aromatic heterocycles. The van der Waals surface area contributed by atoms with Crippen molar-refractivity contribution in [2.45, 2.75) is 0 Å². The first-order valence-electron chi connectivity index (χ1n) is 12.8. The predicted octanol–water partition coefficient (Wildman–Crippen LogP) is -0.960. The van der Waals surface area contributed by atoms with Crippen molar-refractivity contribution in [3.05, 3.63) is 46.5 Å². The SMILES string of the molecule is C1CNCCN1.O=C1c2c(O)ccc(O)c2C(=O)c2c(NCCNCCO)ccc(NCCNCCO)c21. The number of hydrogen-bond donors (Lipinski definition) is 10. The van der Waals surface area contributed by atoms with E-state index in [1.165, 1.54) is 12.1 Å². The number of carbonyl (C=O) groups excluding carboxylic acids is 2. The van der Waals surface area contributed by atoms with Gasteiger partial charge in [-0.25, -0.2) is 0 Å². The molecule has 1 aliphatic carbocycles. The maximum atomic E-state index is 13.4.